The maximum Gasteiger partial charge on any atom is 2.00 e. The van der Waals surface area contributed by atoms with Crippen molar-refractivity contribution in [1.82, 2.24) is 0 Å². The van der Waals surface area contributed by atoms with Gasteiger partial charge in [0.25, 0.3) is 0 Å². The molecule has 0 fully saturated rings. The second-order valence-corrected chi connectivity index (χ2v) is 9.17. The van der Waals surface area contributed by atoms with Crippen molar-refractivity contribution < 1.29 is 26.9 Å². The van der Waals surface area contributed by atoms with Gasteiger partial charge in [0.15, 0.2) is 5.78 Å². The molecule has 192 valence electrons. The zero-order chi connectivity index (χ0) is 25.5. The maximum atomic E-state index is 12.3. The fourth-order valence-electron chi connectivity index (χ4n) is 5.41. The molecule has 38 heavy (non-hydrogen) atoms. The molecule has 0 aromatic heterocycles. The number of ketones is 1. The Balaban J connectivity index is 0.000000240. The first-order chi connectivity index (χ1) is 17.6. The normalized spacial score (nSPS) is 13.8. The fraction of sp³-hybridized carbons (Fsp3) is 0.235. The second kappa shape index (κ2) is 14.8. The van der Waals surface area contributed by atoms with Crippen LogP contribution in [-0.4, -0.2) is 33.9 Å². The number of rotatable bonds is 1. The van der Waals surface area contributed by atoms with Gasteiger partial charge in [0.2, 0.25) is 0 Å². The molecule has 0 aliphatic heterocycles. The molecule has 2 nitrogen and oxygen atoms in total. The average molecular weight is 580 g/mol. The smallest absolute Gasteiger partial charge is 1.00 e. The van der Waals surface area contributed by atoms with Crippen LogP contribution in [0.1, 0.15) is 69.6 Å². The molecule has 0 heterocycles. The number of carbonyl (C=O) groups is 1. The van der Waals surface area contributed by atoms with Crippen LogP contribution in [0.3, 0.4) is 0 Å². The number of fused-ring (bicyclic) bond motifs is 4. The molecular weight excluding hydrogens is 545 g/mol. The van der Waals surface area contributed by atoms with Crippen molar-refractivity contribution in [2.45, 2.75) is 51.6 Å². The number of halogens is 1. The summed E-state index contributed by atoms with van der Waals surface area (Å²) < 4.78 is 0. The molecule has 0 amide bonds. The van der Waals surface area contributed by atoms with E-state index in [2.05, 4.69) is 62.4 Å². The number of hydrogen-bond donors (Lipinski definition) is 1. The van der Waals surface area contributed by atoms with Crippen LogP contribution >= 0.6 is 0 Å². The van der Waals surface area contributed by atoms with Crippen LogP contribution in [0.2, 0.25) is 0 Å². The zero-order valence-corrected chi connectivity index (χ0v) is 25.4. The Morgan fingerprint density at radius 3 is 1.34 bits per heavy atom. The van der Waals surface area contributed by atoms with E-state index in [1.54, 1.807) is 6.92 Å². The summed E-state index contributed by atoms with van der Waals surface area (Å²) in [5.41, 5.74) is 7.96. The van der Waals surface area contributed by atoms with Gasteiger partial charge >= 0.3 is 23.1 Å². The quantitative estimate of drug-likeness (QED) is 0.274. The van der Waals surface area contributed by atoms with E-state index in [4.69, 9.17) is 0 Å². The van der Waals surface area contributed by atoms with Gasteiger partial charge in [-0.25, -0.2) is 0 Å². The van der Waals surface area contributed by atoms with Crippen LogP contribution in [-0.2, 0) is 31.3 Å². The van der Waals surface area contributed by atoms with E-state index in [0.29, 0.717) is 6.42 Å². The molecular formula is C34H35BrMgO2. The molecule has 2 aliphatic rings. The van der Waals surface area contributed by atoms with Gasteiger partial charge in [-0.1, -0.05) is 104 Å². The van der Waals surface area contributed by atoms with E-state index in [9.17, 15) is 9.90 Å². The average Bonchev–Trinajstić information content (AvgIpc) is 3.18. The van der Waals surface area contributed by atoms with Crippen LogP contribution < -0.4 is 17.0 Å². The molecule has 4 aromatic carbocycles. The molecule has 4 aromatic rings. The molecule has 4 heteroatoms. The van der Waals surface area contributed by atoms with Gasteiger partial charge in [-0.2, -0.15) is 6.92 Å². The third-order valence-corrected chi connectivity index (χ3v) is 7.29. The Hall–Kier alpha value is -2.24. The number of hydrogen-bond acceptors (Lipinski definition) is 2. The van der Waals surface area contributed by atoms with Crippen LogP contribution in [0.25, 0.3) is 0 Å². The van der Waals surface area contributed by atoms with Gasteiger partial charge in [-0.05, 0) is 65.5 Å². The number of aliphatic hydroxyl groups is 1. The zero-order valence-electron chi connectivity index (χ0n) is 22.4. The summed E-state index contributed by atoms with van der Waals surface area (Å²) in [7, 11) is 0. The Bertz CT molecular complexity index is 1250. The van der Waals surface area contributed by atoms with Crippen molar-refractivity contribution in [2.24, 2.45) is 0 Å². The van der Waals surface area contributed by atoms with Crippen molar-refractivity contribution in [3.63, 3.8) is 0 Å². The first kappa shape index (κ1) is 32.0. The third kappa shape index (κ3) is 6.48. The number of carbonyl (C=O) groups excluding carboxylic acids is 1. The van der Waals surface area contributed by atoms with Crippen molar-refractivity contribution in [3.8, 4) is 0 Å². The van der Waals surface area contributed by atoms with E-state index < -0.39 is 5.60 Å². The fourth-order valence-corrected chi connectivity index (χ4v) is 5.41. The molecule has 1 N–H and O–H groups in total. The Labute approximate surface area is 254 Å². The number of aryl methyl sites for hydroxylation is 4. The van der Waals surface area contributed by atoms with E-state index in [-0.39, 0.29) is 45.8 Å². The predicted octanol–water partition coefficient (Wildman–Crippen LogP) is 3.91. The summed E-state index contributed by atoms with van der Waals surface area (Å²) in [5.74, 6) is 0.170. The molecule has 0 saturated heterocycles. The van der Waals surface area contributed by atoms with Crippen molar-refractivity contribution in [1.29, 1.82) is 0 Å². The van der Waals surface area contributed by atoms with Gasteiger partial charge in [-0.15, -0.1) is 0 Å². The van der Waals surface area contributed by atoms with E-state index in [0.717, 1.165) is 47.9 Å². The van der Waals surface area contributed by atoms with Crippen LogP contribution in [0.15, 0.2) is 97.1 Å². The molecule has 0 atom stereocenters. The molecule has 2 aliphatic carbocycles. The summed E-state index contributed by atoms with van der Waals surface area (Å²) in [6.07, 6.45) is 4.64. The topological polar surface area (TPSA) is 37.3 Å². The molecule has 0 saturated carbocycles. The van der Waals surface area contributed by atoms with E-state index >= 15 is 0 Å². The Morgan fingerprint density at radius 2 is 0.947 bits per heavy atom. The molecule has 0 unspecified atom stereocenters. The largest absolute Gasteiger partial charge is 2.00 e. The van der Waals surface area contributed by atoms with E-state index in [1.807, 2.05) is 48.5 Å². The van der Waals surface area contributed by atoms with Crippen LogP contribution in [0, 0.1) is 6.92 Å². The molecule has 0 bridgehead atoms. The van der Waals surface area contributed by atoms with Crippen LogP contribution in [0.4, 0.5) is 0 Å². The third-order valence-electron chi connectivity index (χ3n) is 7.29. The van der Waals surface area contributed by atoms with Crippen molar-refractivity contribution in [3.05, 3.63) is 148 Å². The predicted molar refractivity (Wildman–Crippen MR) is 154 cm³/mol. The van der Waals surface area contributed by atoms with Crippen molar-refractivity contribution >= 4 is 28.8 Å². The van der Waals surface area contributed by atoms with Gasteiger partial charge in [0.1, 0.15) is 5.60 Å². The Morgan fingerprint density at radius 1 is 0.632 bits per heavy atom. The second-order valence-electron chi connectivity index (χ2n) is 9.17. The molecule has 0 spiro atoms. The van der Waals surface area contributed by atoms with Crippen molar-refractivity contribution in [2.75, 3.05) is 0 Å². The standard InChI is InChI=1S/C17H18O.C15H12O.C2H5.BrH.Mg/c1-2-17(18)15-9-5-3-7-13(15)11-12-14-8-4-6-10-16(14)17;16-15-13-7-3-1-5-11(13)9-10-12-6-2-4-8-14(12)15;1-2;;/h3-10,18H,2,11-12H2,1H3;1-8H,9-10H2;1H2,2H3;1H;/q;;-1;;+2/p-1. The van der Waals surface area contributed by atoms with Gasteiger partial charge in [0, 0.05) is 11.1 Å². The Kier molecular flexibility index (Phi) is 12.4. The number of benzene rings is 4. The molecule has 6 rings (SSSR count). The summed E-state index contributed by atoms with van der Waals surface area (Å²) in [6.45, 7) is 7.05. The minimum Gasteiger partial charge on any atom is -1.00 e. The summed E-state index contributed by atoms with van der Waals surface area (Å²) >= 11 is 0. The first-order valence-corrected chi connectivity index (χ1v) is 12.9. The van der Waals surface area contributed by atoms with Gasteiger partial charge < -0.3 is 29.0 Å². The van der Waals surface area contributed by atoms with Gasteiger partial charge in [0.05, 0.1) is 0 Å². The first-order valence-electron chi connectivity index (χ1n) is 12.9. The minimum absolute atomic E-state index is 0. The SMILES string of the molecule is CCC1(O)c2ccccc2CCc2ccccc21.O=C1c2ccccc2CCc2ccccc21.[Br-].[CH2-]C.[Mg+2]. The monoisotopic (exact) mass is 578 g/mol. The molecule has 0 radical (unpaired) electrons. The van der Waals surface area contributed by atoms with E-state index in [1.165, 1.54) is 22.3 Å². The summed E-state index contributed by atoms with van der Waals surface area (Å²) in [5, 5.41) is 11.2. The summed E-state index contributed by atoms with van der Waals surface area (Å²) in [4.78, 5) is 12.3. The van der Waals surface area contributed by atoms with Crippen LogP contribution in [0.5, 0.6) is 0 Å². The minimum atomic E-state index is -0.830. The maximum absolute atomic E-state index is 12.3. The summed E-state index contributed by atoms with van der Waals surface area (Å²) in [6, 6.07) is 32.4. The van der Waals surface area contributed by atoms with Gasteiger partial charge in [-0.3, -0.25) is 4.79 Å².